The van der Waals surface area contributed by atoms with Gasteiger partial charge in [-0.2, -0.15) is 26.3 Å². The van der Waals surface area contributed by atoms with Crippen molar-refractivity contribution < 1.29 is 30.7 Å². The first kappa shape index (κ1) is 20.6. The van der Waals surface area contributed by atoms with Crippen molar-refractivity contribution in [2.24, 2.45) is 0 Å². The summed E-state index contributed by atoms with van der Waals surface area (Å²) in [4.78, 5) is 7.15. The van der Waals surface area contributed by atoms with E-state index in [9.17, 15) is 30.7 Å². The lowest BCUT2D eigenvalue weighted by Crippen LogP contribution is -2.14. The standard InChI is InChI=1S/C19H12F7N3/c20-14-7-12(9-27-10-14)15-5-6-16(17(29-15)19(24,25)26)28-8-11-1-3-13(4-2-11)18(21,22)23/h1-7,9-10,28H,8H2. The van der Waals surface area contributed by atoms with Gasteiger partial charge in [-0.25, -0.2) is 9.37 Å². The molecule has 0 aliphatic carbocycles. The molecule has 1 N–H and O–H groups in total. The van der Waals surface area contributed by atoms with E-state index in [2.05, 4.69) is 15.3 Å². The summed E-state index contributed by atoms with van der Waals surface area (Å²) in [5, 5.41) is 2.53. The molecule has 0 saturated heterocycles. The fourth-order valence-corrected chi connectivity index (χ4v) is 2.54. The first-order chi connectivity index (χ1) is 13.5. The number of halogens is 7. The van der Waals surface area contributed by atoms with Crippen molar-refractivity contribution >= 4 is 5.69 Å². The molecule has 0 amide bonds. The number of nitrogens with zero attached hydrogens (tertiary/aromatic N) is 2. The molecule has 0 saturated carbocycles. The van der Waals surface area contributed by atoms with Crippen molar-refractivity contribution in [2.45, 2.75) is 18.9 Å². The van der Waals surface area contributed by atoms with E-state index in [0.29, 0.717) is 5.56 Å². The van der Waals surface area contributed by atoms with Gasteiger partial charge in [0.15, 0.2) is 5.69 Å². The lowest BCUT2D eigenvalue weighted by atomic mass is 10.1. The van der Waals surface area contributed by atoms with Crippen molar-refractivity contribution in [1.82, 2.24) is 9.97 Å². The fraction of sp³-hybridized carbons (Fsp3) is 0.158. The topological polar surface area (TPSA) is 37.8 Å². The number of hydrogen-bond acceptors (Lipinski definition) is 3. The van der Waals surface area contributed by atoms with Gasteiger partial charge in [0.1, 0.15) is 5.82 Å². The number of hydrogen-bond donors (Lipinski definition) is 1. The highest BCUT2D eigenvalue weighted by atomic mass is 19.4. The number of benzene rings is 1. The van der Waals surface area contributed by atoms with Crippen LogP contribution >= 0.6 is 0 Å². The molecular formula is C19H12F7N3. The lowest BCUT2D eigenvalue weighted by Gasteiger charge is -2.15. The molecule has 0 fully saturated rings. The maximum absolute atomic E-state index is 13.4. The molecule has 0 aliphatic rings. The number of pyridine rings is 2. The van der Waals surface area contributed by atoms with Crippen LogP contribution in [0.2, 0.25) is 0 Å². The summed E-state index contributed by atoms with van der Waals surface area (Å²) >= 11 is 0. The van der Waals surface area contributed by atoms with Crippen LogP contribution in [-0.4, -0.2) is 9.97 Å². The van der Waals surface area contributed by atoms with Gasteiger partial charge in [-0.05, 0) is 35.9 Å². The summed E-state index contributed by atoms with van der Waals surface area (Å²) in [5.41, 5.74) is -2.14. The quantitative estimate of drug-likeness (QED) is 0.537. The van der Waals surface area contributed by atoms with E-state index in [1.54, 1.807) is 0 Å². The van der Waals surface area contributed by atoms with Crippen LogP contribution in [0, 0.1) is 5.82 Å². The van der Waals surface area contributed by atoms with E-state index < -0.39 is 29.4 Å². The van der Waals surface area contributed by atoms with Gasteiger partial charge in [0.25, 0.3) is 0 Å². The number of alkyl halides is 6. The number of aromatic nitrogens is 2. The van der Waals surface area contributed by atoms with Crippen molar-refractivity contribution in [3.8, 4) is 11.3 Å². The smallest absolute Gasteiger partial charge is 0.379 e. The van der Waals surface area contributed by atoms with Gasteiger partial charge in [0.2, 0.25) is 0 Å². The van der Waals surface area contributed by atoms with E-state index in [-0.39, 0.29) is 23.5 Å². The van der Waals surface area contributed by atoms with Gasteiger partial charge in [-0.15, -0.1) is 0 Å². The summed E-state index contributed by atoms with van der Waals surface area (Å²) in [7, 11) is 0. The summed E-state index contributed by atoms with van der Waals surface area (Å²) < 4.78 is 91.3. The van der Waals surface area contributed by atoms with Gasteiger partial charge in [0, 0.05) is 18.3 Å². The first-order valence-corrected chi connectivity index (χ1v) is 8.13. The van der Waals surface area contributed by atoms with Gasteiger partial charge in [0.05, 0.1) is 23.1 Å². The number of anilines is 1. The Labute approximate surface area is 160 Å². The maximum atomic E-state index is 13.4. The molecule has 0 spiro atoms. The molecule has 2 aromatic heterocycles. The molecule has 1 aromatic carbocycles. The third kappa shape index (κ3) is 5.01. The molecule has 10 heteroatoms. The second kappa shape index (κ2) is 7.69. The van der Waals surface area contributed by atoms with Crippen LogP contribution in [-0.2, 0) is 18.9 Å². The largest absolute Gasteiger partial charge is 0.435 e. The minimum Gasteiger partial charge on any atom is -0.379 e. The Morgan fingerprint density at radius 3 is 2.10 bits per heavy atom. The summed E-state index contributed by atoms with van der Waals surface area (Å²) in [6.07, 6.45) is -7.21. The van der Waals surface area contributed by atoms with E-state index in [4.69, 9.17) is 0 Å². The predicted molar refractivity (Wildman–Crippen MR) is 91.2 cm³/mol. The van der Waals surface area contributed by atoms with E-state index in [1.807, 2.05) is 0 Å². The zero-order valence-corrected chi connectivity index (χ0v) is 14.4. The van der Waals surface area contributed by atoms with Gasteiger partial charge < -0.3 is 5.32 Å². The van der Waals surface area contributed by atoms with E-state index >= 15 is 0 Å². The highest BCUT2D eigenvalue weighted by molar-refractivity contribution is 5.62. The Bertz CT molecular complexity index is 996. The first-order valence-electron chi connectivity index (χ1n) is 8.13. The third-order valence-electron chi connectivity index (χ3n) is 3.93. The number of rotatable bonds is 4. The van der Waals surface area contributed by atoms with Crippen LogP contribution in [0.15, 0.2) is 54.9 Å². The third-order valence-corrected chi connectivity index (χ3v) is 3.93. The molecule has 3 aromatic rings. The fourth-order valence-electron chi connectivity index (χ4n) is 2.54. The molecule has 0 unspecified atom stereocenters. The molecular weight excluding hydrogens is 403 g/mol. The van der Waals surface area contributed by atoms with Gasteiger partial charge in [-0.1, -0.05) is 12.1 Å². The molecule has 0 atom stereocenters. The molecule has 0 radical (unpaired) electrons. The highest BCUT2D eigenvalue weighted by Crippen LogP contribution is 2.35. The zero-order valence-electron chi connectivity index (χ0n) is 14.4. The van der Waals surface area contributed by atoms with Crippen molar-refractivity contribution in [3.05, 3.63) is 77.5 Å². The minimum absolute atomic E-state index is 0.0739. The Morgan fingerprint density at radius 1 is 0.828 bits per heavy atom. The monoisotopic (exact) mass is 415 g/mol. The van der Waals surface area contributed by atoms with Crippen molar-refractivity contribution in [2.75, 3.05) is 5.32 Å². The Balaban J connectivity index is 1.85. The summed E-state index contributed by atoms with van der Waals surface area (Å²) in [5.74, 6) is -0.720. The molecule has 29 heavy (non-hydrogen) atoms. The lowest BCUT2D eigenvalue weighted by molar-refractivity contribution is -0.140. The molecule has 2 heterocycles. The van der Waals surface area contributed by atoms with Crippen LogP contribution in [0.4, 0.5) is 36.4 Å². The highest BCUT2D eigenvalue weighted by Gasteiger charge is 2.36. The average molecular weight is 415 g/mol. The van der Waals surface area contributed by atoms with Crippen molar-refractivity contribution in [1.29, 1.82) is 0 Å². The zero-order chi connectivity index (χ0) is 21.2. The van der Waals surface area contributed by atoms with Crippen LogP contribution in [0.1, 0.15) is 16.8 Å². The summed E-state index contributed by atoms with van der Waals surface area (Å²) in [6.45, 7) is -0.149. The molecule has 152 valence electrons. The van der Waals surface area contributed by atoms with Crippen LogP contribution in [0.25, 0.3) is 11.3 Å². The molecule has 0 aliphatic heterocycles. The summed E-state index contributed by atoms with van der Waals surface area (Å²) in [6, 6.07) is 7.43. The Kier molecular flexibility index (Phi) is 5.45. The van der Waals surface area contributed by atoms with E-state index in [0.717, 1.165) is 30.5 Å². The van der Waals surface area contributed by atoms with Crippen LogP contribution in [0.5, 0.6) is 0 Å². The second-order valence-corrected chi connectivity index (χ2v) is 6.03. The predicted octanol–water partition coefficient (Wildman–Crippen LogP) is 5.93. The minimum atomic E-state index is -4.81. The molecule has 3 rings (SSSR count). The molecule has 0 bridgehead atoms. The van der Waals surface area contributed by atoms with Crippen LogP contribution in [0.3, 0.4) is 0 Å². The Morgan fingerprint density at radius 2 is 1.52 bits per heavy atom. The average Bonchev–Trinajstić information content (AvgIpc) is 2.65. The normalized spacial score (nSPS) is 12.1. The van der Waals surface area contributed by atoms with Crippen LogP contribution < -0.4 is 5.32 Å². The van der Waals surface area contributed by atoms with Gasteiger partial charge >= 0.3 is 12.4 Å². The molecule has 3 nitrogen and oxygen atoms in total. The van der Waals surface area contributed by atoms with Gasteiger partial charge in [-0.3, -0.25) is 4.98 Å². The second-order valence-electron chi connectivity index (χ2n) is 6.03. The van der Waals surface area contributed by atoms with E-state index in [1.165, 1.54) is 24.4 Å². The SMILES string of the molecule is Fc1cncc(-c2ccc(NCc3ccc(C(F)(F)F)cc3)c(C(F)(F)F)n2)c1. The Hall–Kier alpha value is -3.17. The van der Waals surface area contributed by atoms with Crippen molar-refractivity contribution in [3.63, 3.8) is 0 Å². The number of nitrogens with one attached hydrogen (secondary N) is 1. The maximum Gasteiger partial charge on any atom is 0.435 e.